The number of thiophene rings is 1. The van der Waals surface area contributed by atoms with Gasteiger partial charge in [0.15, 0.2) is 0 Å². The van der Waals surface area contributed by atoms with Crippen molar-refractivity contribution >= 4 is 27.4 Å². The lowest BCUT2D eigenvalue weighted by atomic mass is 9.95. The van der Waals surface area contributed by atoms with Crippen molar-refractivity contribution in [2.75, 3.05) is 0 Å². The van der Waals surface area contributed by atoms with E-state index in [4.69, 9.17) is 9.84 Å². The molecular weight excluding hydrogens is 432 g/mol. The van der Waals surface area contributed by atoms with Gasteiger partial charge < -0.3 is 14.9 Å². The Hall–Kier alpha value is -3.75. The third kappa shape index (κ3) is 5.19. The van der Waals surface area contributed by atoms with Gasteiger partial charge in [0.2, 0.25) is 0 Å². The molecule has 1 heterocycles. The molecule has 4 aromatic rings. The van der Waals surface area contributed by atoms with Crippen molar-refractivity contribution < 1.29 is 19.7 Å². The molecule has 0 saturated heterocycles. The van der Waals surface area contributed by atoms with Crippen LogP contribution in [0.2, 0.25) is 0 Å². The summed E-state index contributed by atoms with van der Waals surface area (Å²) >= 11 is 1.69. The van der Waals surface area contributed by atoms with Gasteiger partial charge in [-0.1, -0.05) is 36.3 Å². The van der Waals surface area contributed by atoms with Crippen molar-refractivity contribution in [1.29, 1.82) is 0 Å². The Kier molecular flexibility index (Phi) is 6.67. The van der Waals surface area contributed by atoms with Crippen LogP contribution < -0.4 is 4.74 Å². The van der Waals surface area contributed by atoms with Gasteiger partial charge in [0.1, 0.15) is 18.1 Å². The maximum atomic E-state index is 11.1. The molecular formula is C28H24O4S. The predicted molar refractivity (Wildman–Crippen MR) is 133 cm³/mol. The summed E-state index contributed by atoms with van der Waals surface area (Å²) < 4.78 is 7.24. The highest BCUT2D eigenvalue weighted by Crippen LogP contribution is 2.38. The molecule has 4 rings (SSSR count). The molecule has 5 heteroatoms. The zero-order chi connectivity index (χ0) is 23.4. The first-order chi connectivity index (χ1) is 15.9. The van der Waals surface area contributed by atoms with E-state index in [1.165, 1.54) is 4.70 Å². The van der Waals surface area contributed by atoms with Crippen LogP contribution in [-0.2, 0) is 11.4 Å². The molecule has 2 N–H and O–H groups in total. The summed E-state index contributed by atoms with van der Waals surface area (Å²) in [5.74, 6) is 5.66. The van der Waals surface area contributed by atoms with Gasteiger partial charge in [-0.15, -0.1) is 17.3 Å². The van der Waals surface area contributed by atoms with E-state index >= 15 is 0 Å². The molecule has 1 aromatic heterocycles. The molecule has 0 amide bonds. The summed E-state index contributed by atoms with van der Waals surface area (Å²) in [5, 5.41) is 22.1. The van der Waals surface area contributed by atoms with E-state index < -0.39 is 5.97 Å². The van der Waals surface area contributed by atoms with Gasteiger partial charge >= 0.3 is 5.97 Å². The van der Waals surface area contributed by atoms with Gasteiger partial charge in [0.05, 0.1) is 12.3 Å². The lowest BCUT2D eigenvalue weighted by Gasteiger charge is -2.11. The van der Waals surface area contributed by atoms with Crippen molar-refractivity contribution in [2.24, 2.45) is 0 Å². The van der Waals surface area contributed by atoms with E-state index in [0.717, 1.165) is 39.0 Å². The van der Waals surface area contributed by atoms with Gasteiger partial charge in [-0.2, -0.15) is 0 Å². The number of carboxylic acids is 1. The van der Waals surface area contributed by atoms with Crippen molar-refractivity contribution in [3.05, 3.63) is 82.7 Å². The minimum Gasteiger partial charge on any atom is -0.508 e. The van der Waals surface area contributed by atoms with Gasteiger partial charge in [-0.25, -0.2) is 0 Å². The molecule has 0 unspecified atom stereocenters. The van der Waals surface area contributed by atoms with E-state index in [1.54, 1.807) is 30.4 Å². The average molecular weight is 457 g/mol. The molecule has 0 aliphatic rings. The van der Waals surface area contributed by atoms with E-state index in [-0.39, 0.29) is 18.1 Å². The third-order valence-electron chi connectivity index (χ3n) is 5.53. The highest BCUT2D eigenvalue weighted by Gasteiger charge is 2.13. The molecule has 33 heavy (non-hydrogen) atoms. The van der Waals surface area contributed by atoms with Crippen molar-refractivity contribution in [1.82, 2.24) is 0 Å². The van der Waals surface area contributed by atoms with Crippen LogP contribution in [0.15, 0.2) is 66.0 Å². The highest BCUT2D eigenvalue weighted by atomic mass is 32.1. The Morgan fingerprint density at radius 3 is 2.55 bits per heavy atom. The topological polar surface area (TPSA) is 66.8 Å². The van der Waals surface area contributed by atoms with Crippen LogP contribution in [0.3, 0.4) is 0 Å². The first-order valence-electron chi connectivity index (χ1n) is 10.6. The van der Waals surface area contributed by atoms with Crippen LogP contribution in [0.5, 0.6) is 11.5 Å². The summed E-state index contributed by atoms with van der Waals surface area (Å²) in [6.07, 6.45) is -0.0137. The second-order valence-corrected chi connectivity index (χ2v) is 8.79. The largest absolute Gasteiger partial charge is 0.508 e. The Morgan fingerprint density at radius 2 is 1.85 bits per heavy atom. The molecule has 0 saturated carbocycles. The molecule has 4 nitrogen and oxygen atoms in total. The third-order valence-corrected chi connectivity index (χ3v) is 6.49. The highest BCUT2D eigenvalue weighted by molar-refractivity contribution is 7.17. The Morgan fingerprint density at radius 1 is 1.06 bits per heavy atom. The summed E-state index contributed by atoms with van der Waals surface area (Å²) in [7, 11) is 0. The number of phenolic OH excluding ortho intramolecular Hbond substituents is 1. The molecule has 0 fully saturated rings. The number of fused-ring (bicyclic) bond motifs is 1. The Bertz CT molecular complexity index is 1360. The number of benzene rings is 3. The standard InChI is InChI=1S/C28H24O4S/c1-3-4-21(14-28(30)31)20-7-5-19(6-8-20)16-32-23-10-12-27-25(15-23)26(17-33-27)24-11-9-22(29)13-18(24)2/h5-13,15,17,21,29H,14,16H2,1-2H3,(H,30,31)/t21-/m0/s1. The monoisotopic (exact) mass is 456 g/mol. The van der Waals surface area contributed by atoms with E-state index in [9.17, 15) is 9.90 Å². The van der Waals surface area contributed by atoms with E-state index in [0.29, 0.717) is 6.61 Å². The average Bonchev–Trinajstić information content (AvgIpc) is 3.20. The maximum Gasteiger partial charge on any atom is 0.304 e. The quantitative estimate of drug-likeness (QED) is 0.302. The number of carbonyl (C=O) groups is 1. The number of aryl methyl sites for hydroxylation is 1. The van der Waals surface area contributed by atoms with Gasteiger partial charge in [-0.3, -0.25) is 4.79 Å². The molecule has 0 bridgehead atoms. The summed E-state index contributed by atoms with van der Waals surface area (Å²) in [5.41, 5.74) is 5.14. The predicted octanol–water partition coefficient (Wildman–Crippen LogP) is 6.74. The summed E-state index contributed by atoms with van der Waals surface area (Å²) in [6, 6.07) is 19.3. The molecule has 1 atom stereocenters. The number of aliphatic carboxylic acids is 1. The fourth-order valence-corrected chi connectivity index (χ4v) is 4.81. The molecule has 0 aliphatic heterocycles. The van der Waals surface area contributed by atoms with Crippen LogP contribution in [-0.4, -0.2) is 16.2 Å². The van der Waals surface area contributed by atoms with Gasteiger partial charge in [-0.05, 0) is 71.8 Å². The molecule has 0 spiro atoms. The fraction of sp³-hybridized carbons (Fsp3) is 0.179. The van der Waals surface area contributed by atoms with Crippen molar-refractivity contribution in [2.45, 2.75) is 32.8 Å². The normalized spacial score (nSPS) is 11.6. The first kappa shape index (κ1) is 22.4. The molecule has 3 aromatic carbocycles. The number of hydrogen-bond acceptors (Lipinski definition) is 4. The lowest BCUT2D eigenvalue weighted by molar-refractivity contribution is -0.137. The smallest absolute Gasteiger partial charge is 0.304 e. The van der Waals surface area contributed by atoms with Crippen LogP contribution in [0, 0.1) is 18.8 Å². The number of carboxylic acid groups (broad SMARTS) is 1. The lowest BCUT2D eigenvalue weighted by Crippen LogP contribution is -2.05. The van der Waals surface area contributed by atoms with Gasteiger partial charge in [0.25, 0.3) is 0 Å². The molecule has 0 aliphatic carbocycles. The number of hydrogen-bond donors (Lipinski definition) is 2. The van der Waals surface area contributed by atoms with Crippen LogP contribution >= 0.6 is 11.3 Å². The van der Waals surface area contributed by atoms with E-state index in [2.05, 4.69) is 29.4 Å². The first-order valence-corrected chi connectivity index (χ1v) is 11.5. The van der Waals surface area contributed by atoms with Crippen molar-refractivity contribution in [3.63, 3.8) is 0 Å². The number of phenols is 1. The maximum absolute atomic E-state index is 11.1. The molecule has 0 radical (unpaired) electrons. The number of aromatic hydroxyl groups is 1. The fourth-order valence-electron chi connectivity index (χ4n) is 3.87. The number of rotatable bonds is 7. The van der Waals surface area contributed by atoms with Crippen molar-refractivity contribution in [3.8, 4) is 34.5 Å². The molecule has 166 valence electrons. The Balaban J connectivity index is 1.51. The number of ether oxygens (including phenoxy) is 1. The second kappa shape index (κ2) is 9.81. The van der Waals surface area contributed by atoms with Gasteiger partial charge in [0, 0.05) is 15.6 Å². The van der Waals surface area contributed by atoms with E-state index in [1.807, 2.05) is 43.3 Å². The second-order valence-electron chi connectivity index (χ2n) is 7.88. The Labute approximate surface area is 197 Å². The zero-order valence-electron chi connectivity index (χ0n) is 18.5. The minimum atomic E-state index is -0.860. The van der Waals surface area contributed by atoms with Crippen LogP contribution in [0.1, 0.15) is 36.0 Å². The minimum absolute atomic E-state index is 0.0137. The SMILES string of the molecule is CC#C[C@@H](CC(=O)O)c1ccc(COc2ccc3scc(-c4ccc(O)cc4C)c3c2)cc1. The van der Waals surface area contributed by atoms with Crippen LogP contribution in [0.25, 0.3) is 21.2 Å². The summed E-state index contributed by atoms with van der Waals surface area (Å²) in [4.78, 5) is 11.1. The zero-order valence-corrected chi connectivity index (χ0v) is 19.3. The van der Waals surface area contributed by atoms with Crippen LogP contribution in [0.4, 0.5) is 0 Å². The summed E-state index contributed by atoms with van der Waals surface area (Å²) in [6.45, 7) is 4.12.